The summed E-state index contributed by atoms with van der Waals surface area (Å²) in [6.45, 7) is 1.76. The van der Waals surface area contributed by atoms with E-state index in [9.17, 15) is 4.79 Å². The van der Waals surface area contributed by atoms with Gasteiger partial charge >= 0.3 is 0 Å². The molecule has 0 saturated carbocycles. The van der Waals surface area contributed by atoms with Crippen molar-refractivity contribution >= 4 is 38.3 Å². The van der Waals surface area contributed by atoms with E-state index in [4.69, 9.17) is 0 Å². The van der Waals surface area contributed by atoms with Crippen molar-refractivity contribution in [1.29, 1.82) is 0 Å². The van der Waals surface area contributed by atoms with Crippen molar-refractivity contribution in [3.63, 3.8) is 0 Å². The molecule has 3 aromatic rings. The summed E-state index contributed by atoms with van der Waals surface area (Å²) in [5, 5.41) is 8.33. The van der Waals surface area contributed by atoms with Crippen molar-refractivity contribution in [3.8, 4) is 0 Å². The van der Waals surface area contributed by atoms with Crippen molar-refractivity contribution in [3.05, 3.63) is 75.8 Å². The number of fused-ring (bicyclic) bond motifs is 2. The Bertz CT molecular complexity index is 920. The molecule has 23 heavy (non-hydrogen) atoms. The summed E-state index contributed by atoms with van der Waals surface area (Å²) >= 11 is 3.49. The van der Waals surface area contributed by atoms with Gasteiger partial charge in [0.25, 0.3) is 5.91 Å². The van der Waals surface area contributed by atoms with Crippen LogP contribution in [0.3, 0.4) is 0 Å². The van der Waals surface area contributed by atoms with E-state index in [-0.39, 0.29) is 5.91 Å². The summed E-state index contributed by atoms with van der Waals surface area (Å²) in [7, 11) is 0. The number of halogens is 1. The Kier molecular flexibility index (Phi) is 3.63. The van der Waals surface area contributed by atoms with E-state index >= 15 is 0 Å². The van der Waals surface area contributed by atoms with E-state index in [0.717, 1.165) is 34.0 Å². The highest BCUT2D eigenvalue weighted by Crippen LogP contribution is 2.26. The van der Waals surface area contributed by atoms with Gasteiger partial charge in [-0.15, -0.1) is 0 Å². The lowest BCUT2D eigenvalue weighted by Gasteiger charge is -2.10. The van der Waals surface area contributed by atoms with E-state index in [1.807, 2.05) is 48.5 Å². The number of benzene rings is 3. The van der Waals surface area contributed by atoms with Gasteiger partial charge in [-0.3, -0.25) is 4.79 Å². The monoisotopic (exact) mass is 366 g/mol. The lowest BCUT2D eigenvalue weighted by atomic mass is 10.0. The minimum atomic E-state index is -0.0894. The van der Waals surface area contributed by atoms with Gasteiger partial charge < -0.3 is 10.6 Å². The van der Waals surface area contributed by atoms with Crippen LogP contribution >= 0.6 is 15.9 Å². The number of anilines is 1. The number of rotatable bonds is 2. The number of carbonyl (C=O) groups is 1. The van der Waals surface area contributed by atoms with Crippen molar-refractivity contribution in [2.75, 3.05) is 5.32 Å². The molecule has 0 saturated heterocycles. The van der Waals surface area contributed by atoms with Crippen LogP contribution < -0.4 is 10.6 Å². The first kappa shape index (κ1) is 14.4. The largest absolute Gasteiger partial charge is 0.322 e. The maximum absolute atomic E-state index is 12.7. The van der Waals surface area contributed by atoms with Gasteiger partial charge in [-0.2, -0.15) is 0 Å². The molecule has 0 bridgehead atoms. The lowest BCUT2D eigenvalue weighted by molar-refractivity contribution is 0.102. The van der Waals surface area contributed by atoms with Crippen LogP contribution in [0.2, 0.25) is 0 Å². The van der Waals surface area contributed by atoms with Gasteiger partial charge in [-0.05, 0) is 46.2 Å². The average Bonchev–Trinajstić information content (AvgIpc) is 3.01. The molecule has 1 aliphatic rings. The molecule has 0 fully saturated rings. The molecule has 0 aromatic heterocycles. The van der Waals surface area contributed by atoms with Crippen LogP contribution in [0.25, 0.3) is 10.8 Å². The van der Waals surface area contributed by atoms with Crippen LogP contribution in [-0.2, 0) is 13.1 Å². The van der Waals surface area contributed by atoms with Crippen LogP contribution in [-0.4, -0.2) is 5.91 Å². The van der Waals surface area contributed by atoms with E-state index in [1.54, 1.807) is 0 Å². The fraction of sp³-hybridized carbons (Fsp3) is 0.105. The van der Waals surface area contributed by atoms with E-state index < -0.39 is 0 Å². The maximum Gasteiger partial charge on any atom is 0.256 e. The van der Waals surface area contributed by atoms with Crippen LogP contribution in [0.1, 0.15) is 21.5 Å². The fourth-order valence-corrected chi connectivity index (χ4v) is 3.51. The standard InChI is InChI=1S/C19H15BrN2O/c20-15-7-12-3-1-2-4-17(12)18(9-15)19(23)22-16-6-5-13-10-21-11-14(13)8-16/h1-9,21H,10-11H2,(H,22,23). The summed E-state index contributed by atoms with van der Waals surface area (Å²) in [5.41, 5.74) is 4.06. The molecule has 0 spiro atoms. The predicted octanol–water partition coefficient (Wildman–Crippen LogP) is 4.46. The summed E-state index contributed by atoms with van der Waals surface area (Å²) in [6, 6.07) is 17.9. The second kappa shape index (κ2) is 5.80. The van der Waals surface area contributed by atoms with Crippen molar-refractivity contribution in [2.24, 2.45) is 0 Å². The first-order valence-electron chi connectivity index (χ1n) is 7.53. The molecule has 1 heterocycles. The molecule has 0 atom stereocenters. The van der Waals surface area contributed by atoms with Crippen molar-refractivity contribution in [2.45, 2.75) is 13.1 Å². The van der Waals surface area contributed by atoms with Gasteiger partial charge in [0.05, 0.1) is 0 Å². The molecule has 4 heteroatoms. The molecule has 3 aromatic carbocycles. The Morgan fingerprint density at radius 3 is 2.74 bits per heavy atom. The van der Waals surface area contributed by atoms with Gasteiger partial charge in [0.1, 0.15) is 0 Å². The fourth-order valence-electron chi connectivity index (χ4n) is 3.03. The second-order valence-corrected chi connectivity index (χ2v) is 6.63. The minimum absolute atomic E-state index is 0.0894. The van der Waals surface area contributed by atoms with Crippen LogP contribution in [0.5, 0.6) is 0 Å². The van der Waals surface area contributed by atoms with E-state index in [1.165, 1.54) is 11.1 Å². The Morgan fingerprint density at radius 1 is 1.00 bits per heavy atom. The molecule has 0 unspecified atom stereocenters. The van der Waals surface area contributed by atoms with E-state index in [2.05, 4.69) is 32.6 Å². The van der Waals surface area contributed by atoms with Crippen molar-refractivity contribution in [1.82, 2.24) is 5.32 Å². The average molecular weight is 367 g/mol. The van der Waals surface area contributed by atoms with Gasteiger partial charge in [0, 0.05) is 28.8 Å². The molecule has 114 valence electrons. The summed E-state index contributed by atoms with van der Waals surface area (Å²) in [4.78, 5) is 12.7. The summed E-state index contributed by atoms with van der Waals surface area (Å²) < 4.78 is 0.902. The normalized spacial score (nSPS) is 13.1. The number of carbonyl (C=O) groups excluding carboxylic acids is 1. The lowest BCUT2D eigenvalue weighted by Crippen LogP contribution is -2.12. The SMILES string of the molecule is O=C(Nc1ccc2c(c1)CNC2)c1cc(Br)cc2ccccc12. The number of amides is 1. The third-order valence-electron chi connectivity index (χ3n) is 4.17. The van der Waals surface area contributed by atoms with Crippen LogP contribution in [0.15, 0.2) is 59.1 Å². The molecule has 0 radical (unpaired) electrons. The molecule has 1 amide bonds. The quantitative estimate of drug-likeness (QED) is 0.702. The first-order valence-corrected chi connectivity index (χ1v) is 8.32. The summed E-state index contributed by atoms with van der Waals surface area (Å²) in [6.07, 6.45) is 0. The van der Waals surface area contributed by atoms with Crippen LogP contribution in [0, 0.1) is 0 Å². The molecule has 3 nitrogen and oxygen atoms in total. The highest BCUT2D eigenvalue weighted by atomic mass is 79.9. The highest BCUT2D eigenvalue weighted by Gasteiger charge is 2.14. The number of hydrogen-bond donors (Lipinski definition) is 2. The minimum Gasteiger partial charge on any atom is -0.322 e. The Hall–Kier alpha value is -2.17. The first-order chi connectivity index (χ1) is 11.2. The van der Waals surface area contributed by atoms with Crippen LogP contribution in [0.4, 0.5) is 5.69 Å². The Labute approximate surface area is 142 Å². The zero-order chi connectivity index (χ0) is 15.8. The van der Waals surface area contributed by atoms with Crippen molar-refractivity contribution < 1.29 is 4.79 Å². The molecule has 0 aliphatic carbocycles. The number of nitrogens with one attached hydrogen (secondary N) is 2. The summed E-state index contributed by atoms with van der Waals surface area (Å²) in [5.74, 6) is -0.0894. The second-order valence-electron chi connectivity index (χ2n) is 5.72. The highest BCUT2D eigenvalue weighted by molar-refractivity contribution is 9.10. The molecule has 4 rings (SSSR count). The molecular formula is C19H15BrN2O. The Morgan fingerprint density at radius 2 is 1.83 bits per heavy atom. The van der Waals surface area contributed by atoms with Gasteiger partial charge in [-0.1, -0.05) is 46.3 Å². The Balaban J connectivity index is 1.70. The van der Waals surface area contributed by atoms with Gasteiger partial charge in [-0.25, -0.2) is 0 Å². The third-order valence-corrected chi connectivity index (χ3v) is 4.62. The zero-order valence-electron chi connectivity index (χ0n) is 12.4. The number of hydrogen-bond acceptors (Lipinski definition) is 2. The van der Waals surface area contributed by atoms with Gasteiger partial charge in [0.15, 0.2) is 0 Å². The van der Waals surface area contributed by atoms with Gasteiger partial charge in [0.2, 0.25) is 0 Å². The molecule has 2 N–H and O–H groups in total. The predicted molar refractivity (Wildman–Crippen MR) is 96.6 cm³/mol. The zero-order valence-corrected chi connectivity index (χ0v) is 14.0. The van der Waals surface area contributed by atoms with E-state index in [0.29, 0.717) is 5.56 Å². The smallest absolute Gasteiger partial charge is 0.256 e. The maximum atomic E-state index is 12.7. The topological polar surface area (TPSA) is 41.1 Å². The molecule has 1 aliphatic heterocycles. The third kappa shape index (κ3) is 2.76. The molecular weight excluding hydrogens is 352 g/mol.